The molecule has 1 aromatic rings. The molecule has 122 valence electrons. The van der Waals surface area contributed by atoms with E-state index in [9.17, 15) is 9.18 Å². The molecule has 0 aromatic heterocycles. The molecule has 8 heteroatoms. The molecule has 2 saturated heterocycles. The molecule has 2 aliphatic rings. The van der Waals surface area contributed by atoms with Crippen molar-refractivity contribution in [2.45, 2.75) is 6.23 Å². The van der Waals surface area contributed by atoms with Gasteiger partial charge in [-0.3, -0.25) is 10.2 Å². The number of carbonyl (C=O) groups excluding carboxylic acids is 1. The average Bonchev–Trinajstić information content (AvgIpc) is 2.89. The summed E-state index contributed by atoms with van der Waals surface area (Å²) in [5.74, 6) is -0.338. The second-order valence-electron chi connectivity index (χ2n) is 4.98. The zero-order valence-electron chi connectivity index (χ0n) is 12.3. The second-order valence-corrected chi connectivity index (χ2v) is 4.98. The van der Waals surface area contributed by atoms with Crippen molar-refractivity contribution in [3.05, 3.63) is 24.0 Å². The molecule has 2 heterocycles. The number of nitrogens with one attached hydrogen (secondary N) is 1. The Kier molecular flexibility index (Phi) is 5.44. The molecule has 1 N–H and O–H groups in total. The lowest BCUT2D eigenvalue weighted by Crippen LogP contribution is -2.38. The minimum absolute atomic E-state index is 0. The minimum Gasteiger partial charge on any atom is -0.428 e. The SMILES string of the molecule is CN[C@@H]1CN(c2cccc(F)c2N2CCOCC2)C(=O)O1.Cl. The quantitative estimate of drug-likeness (QED) is 0.911. The van der Waals surface area contributed by atoms with E-state index in [4.69, 9.17) is 9.47 Å². The Morgan fingerprint density at radius 2 is 2.05 bits per heavy atom. The van der Waals surface area contributed by atoms with Crippen molar-refractivity contribution in [1.29, 1.82) is 0 Å². The Balaban J connectivity index is 0.00000176. The van der Waals surface area contributed by atoms with Crippen molar-refractivity contribution >= 4 is 29.9 Å². The van der Waals surface area contributed by atoms with Crippen molar-refractivity contribution < 1.29 is 18.7 Å². The zero-order valence-corrected chi connectivity index (χ0v) is 13.1. The van der Waals surface area contributed by atoms with Crippen LogP contribution in [0.3, 0.4) is 0 Å². The van der Waals surface area contributed by atoms with E-state index in [1.54, 1.807) is 19.2 Å². The van der Waals surface area contributed by atoms with Crippen LogP contribution in [-0.2, 0) is 9.47 Å². The van der Waals surface area contributed by atoms with Crippen LogP contribution < -0.4 is 15.1 Å². The van der Waals surface area contributed by atoms with Crippen LogP contribution in [0.1, 0.15) is 0 Å². The van der Waals surface area contributed by atoms with Crippen LogP contribution in [0.15, 0.2) is 18.2 Å². The highest BCUT2D eigenvalue weighted by atomic mass is 35.5. The molecule has 1 aromatic carbocycles. The first-order chi connectivity index (χ1) is 10.2. The number of hydrogen-bond donors (Lipinski definition) is 1. The van der Waals surface area contributed by atoms with E-state index >= 15 is 0 Å². The van der Waals surface area contributed by atoms with Gasteiger partial charge in [-0.15, -0.1) is 12.4 Å². The van der Waals surface area contributed by atoms with Crippen LogP contribution in [0.5, 0.6) is 0 Å². The van der Waals surface area contributed by atoms with Crippen LogP contribution in [0.25, 0.3) is 0 Å². The van der Waals surface area contributed by atoms with Gasteiger partial charge in [0.05, 0.1) is 31.1 Å². The molecule has 0 saturated carbocycles. The van der Waals surface area contributed by atoms with Gasteiger partial charge in [-0.2, -0.15) is 0 Å². The van der Waals surface area contributed by atoms with Crippen molar-refractivity contribution in [2.75, 3.05) is 49.7 Å². The van der Waals surface area contributed by atoms with Crippen LogP contribution in [0.4, 0.5) is 20.6 Å². The number of amides is 1. The van der Waals surface area contributed by atoms with Gasteiger partial charge in [0.2, 0.25) is 0 Å². The van der Waals surface area contributed by atoms with E-state index in [2.05, 4.69) is 5.32 Å². The maximum absolute atomic E-state index is 14.3. The Morgan fingerprint density at radius 1 is 1.32 bits per heavy atom. The highest BCUT2D eigenvalue weighted by Crippen LogP contribution is 2.34. The molecule has 0 radical (unpaired) electrons. The summed E-state index contributed by atoms with van der Waals surface area (Å²) in [4.78, 5) is 15.4. The van der Waals surface area contributed by atoms with Gasteiger partial charge in [0, 0.05) is 13.1 Å². The van der Waals surface area contributed by atoms with Gasteiger partial charge >= 0.3 is 6.09 Å². The zero-order chi connectivity index (χ0) is 14.8. The van der Waals surface area contributed by atoms with Gasteiger partial charge in [-0.05, 0) is 19.2 Å². The van der Waals surface area contributed by atoms with Gasteiger partial charge in [-0.25, -0.2) is 9.18 Å². The van der Waals surface area contributed by atoms with Gasteiger partial charge in [0.25, 0.3) is 0 Å². The van der Waals surface area contributed by atoms with Crippen LogP contribution in [0, 0.1) is 5.82 Å². The minimum atomic E-state index is -0.463. The number of hydrogen-bond acceptors (Lipinski definition) is 5. The molecule has 0 aliphatic carbocycles. The fourth-order valence-corrected chi connectivity index (χ4v) is 2.63. The fraction of sp³-hybridized carbons (Fsp3) is 0.500. The number of carbonyl (C=O) groups is 1. The number of nitrogens with zero attached hydrogens (tertiary/aromatic N) is 2. The number of benzene rings is 1. The lowest BCUT2D eigenvalue weighted by atomic mass is 10.2. The Labute approximate surface area is 134 Å². The Hall–Kier alpha value is -1.57. The number of morpholine rings is 1. The Morgan fingerprint density at radius 3 is 2.68 bits per heavy atom. The first kappa shape index (κ1) is 16.8. The van der Waals surface area contributed by atoms with E-state index in [-0.39, 0.29) is 24.5 Å². The summed E-state index contributed by atoms with van der Waals surface area (Å²) in [7, 11) is 1.72. The van der Waals surface area contributed by atoms with E-state index in [1.165, 1.54) is 11.0 Å². The molecule has 0 spiro atoms. The van der Waals surface area contributed by atoms with Crippen molar-refractivity contribution in [3.63, 3.8) is 0 Å². The second kappa shape index (κ2) is 7.13. The summed E-state index contributed by atoms with van der Waals surface area (Å²) in [6, 6.07) is 4.76. The summed E-state index contributed by atoms with van der Waals surface area (Å²) < 4.78 is 24.8. The average molecular weight is 332 g/mol. The van der Waals surface area contributed by atoms with Crippen LogP contribution in [0.2, 0.25) is 0 Å². The predicted molar refractivity (Wildman–Crippen MR) is 83.4 cm³/mol. The maximum atomic E-state index is 14.3. The predicted octanol–water partition coefficient (Wildman–Crippen LogP) is 1.59. The molecular weight excluding hydrogens is 313 g/mol. The Bertz CT molecular complexity index is 540. The van der Waals surface area contributed by atoms with Gasteiger partial charge in [0.15, 0.2) is 6.23 Å². The van der Waals surface area contributed by atoms with Gasteiger partial charge < -0.3 is 14.4 Å². The fourth-order valence-electron chi connectivity index (χ4n) is 2.63. The molecule has 3 rings (SSSR count). The molecular formula is C14H19ClFN3O3. The third kappa shape index (κ3) is 3.11. The summed E-state index contributed by atoms with van der Waals surface area (Å²) in [6.07, 6.45) is -0.840. The molecule has 2 fully saturated rings. The van der Waals surface area contributed by atoms with E-state index in [0.29, 0.717) is 44.2 Å². The molecule has 1 amide bonds. The largest absolute Gasteiger partial charge is 0.428 e. The summed E-state index contributed by atoms with van der Waals surface area (Å²) in [6.45, 7) is 2.67. The summed E-state index contributed by atoms with van der Waals surface area (Å²) >= 11 is 0. The normalized spacial score (nSPS) is 21.5. The first-order valence-corrected chi connectivity index (χ1v) is 6.97. The number of rotatable bonds is 3. The molecule has 22 heavy (non-hydrogen) atoms. The number of likely N-dealkylation sites (N-methyl/N-ethyl adjacent to an activating group) is 1. The summed E-state index contributed by atoms with van der Waals surface area (Å²) in [5.41, 5.74) is 0.981. The third-order valence-corrected chi connectivity index (χ3v) is 3.72. The van der Waals surface area contributed by atoms with Crippen LogP contribution in [-0.4, -0.2) is 52.2 Å². The molecule has 2 aliphatic heterocycles. The standard InChI is InChI=1S/C14H18FN3O3.ClH/c1-16-12-9-18(14(19)21-12)11-4-2-3-10(15)13(11)17-5-7-20-8-6-17;/h2-4,12,16H,5-9H2,1H3;1H/t12-;/m0./s1. The highest BCUT2D eigenvalue weighted by molar-refractivity contribution is 5.94. The van der Waals surface area contributed by atoms with Gasteiger partial charge in [-0.1, -0.05) is 6.07 Å². The summed E-state index contributed by atoms with van der Waals surface area (Å²) in [5, 5.41) is 2.90. The molecule has 1 atom stereocenters. The smallest absolute Gasteiger partial charge is 0.416 e. The molecule has 0 bridgehead atoms. The maximum Gasteiger partial charge on any atom is 0.416 e. The number of ether oxygens (including phenoxy) is 2. The highest BCUT2D eigenvalue weighted by Gasteiger charge is 2.34. The lowest BCUT2D eigenvalue weighted by molar-refractivity contribution is 0.122. The van der Waals surface area contributed by atoms with Crippen LogP contribution >= 0.6 is 12.4 Å². The monoisotopic (exact) mass is 331 g/mol. The van der Waals surface area contributed by atoms with E-state index < -0.39 is 6.09 Å². The number of para-hydroxylation sites is 1. The van der Waals surface area contributed by atoms with Crippen molar-refractivity contribution in [1.82, 2.24) is 5.32 Å². The van der Waals surface area contributed by atoms with Crippen molar-refractivity contribution in [2.24, 2.45) is 0 Å². The lowest BCUT2D eigenvalue weighted by Gasteiger charge is -2.32. The van der Waals surface area contributed by atoms with E-state index in [1.807, 2.05) is 4.90 Å². The number of halogens is 2. The van der Waals surface area contributed by atoms with E-state index in [0.717, 1.165) is 0 Å². The molecule has 6 nitrogen and oxygen atoms in total. The third-order valence-electron chi connectivity index (χ3n) is 3.72. The first-order valence-electron chi connectivity index (χ1n) is 6.97. The topological polar surface area (TPSA) is 54.0 Å². The van der Waals surface area contributed by atoms with Crippen molar-refractivity contribution in [3.8, 4) is 0 Å². The van der Waals surface area contributed by atoms with Gasteiger partial charge in [0.1, 0.15) is 5.82 Å². The number of anilines is 2. The molecule has 0 unspecified atom stereocenters. The number of cyclic esters (lactones) is 1.